The second-order valence-corrected chi connectivity index (χ2v) is 5.35. The molecule has 0 heterocycles. The Bertz CT molecular complexity index is 707. The first-order valence-corrected chi connectivity index (χ1v) is 7.54. The monoisotopic (exact) mass is 303 g/mol. The third-order valence-corrected chi connectivity index (χ3v) is 3.31. The van der Waals surface area contributed by atoms with Gasteiger partial charge in [-0.2, -0.15) is 0 Å². The second-order valence-electron chi connectivity index (χ2n) is 5.35. The van der Waals surface area contributed by atoms with Gasteiger partial charge in [0.05, 0.1) is 0 Å². The minimum Gasteiger partial charge on any atom is -0.378 e. The van der Waals surface area contributed by atoms with Crippen molar-refractivity contribution in [2.75, 3.05) is 19.0 Å². The Morgan fingerprint density at radius 3 is 2.09 bits per heavy atom. The van der Waals surface area contributed by atoms with Crippen molar-refractivity contribution < 1.29 is 4.79 Å². The van der Waals surface area contributed by atoms with E-state index in [1.54, 1.807) is 18.2 Å². The summed E-state index contributed by atoms with van der Waals surface area (Å²) in [5.74, 6) is -0.0283. The predicted octanol–water partition coefficient (Wildman–Crippen LogP) is 4.60. The molecule has 0 N–H and O–H groups in total. The van der Waals surface area contributed by atoms with Crippen LogP contribution in [0.25, 0.3) is 12.2 Å². The zero-order chi connectivity index (χ0) is 16.5. The van der Waals surface area contributed by atoms with Gasteiger partial charge in [-0.05, 0) is 35.4 Å². The van der Waals surface area contributed by atoms with E-state index in [1.165, 1.54) is 0 Å². The highest BCUT2D eigenvalue weighted by atomic mass is 16.1. The number of anilines is 1. The van der Waals surface area contributed by atoms with E-state index in [9.17, 15) is 4.79 Å². The maximum atomic E-state index is 11.8. The molecule has 2 aromatic carbocycles. The molecule has 0 unspecified atom stereocenters. The molecule has 116 valence electrons. The predicted molar refractivity (Wildman–Crippen MR) is 99.4 cm³/mol. The molecule has 23 heavy (non-hydrogen) atoms. The molecule has 0 aliphatic carbocycles. The lowest BCUT2D eigenvalue weighted by atomic mass is 10.1. The van der Waals surface area contributed by atoms with Gasteiger partial charge in [0.1, 0.15) is 0 Å². The summed E-state index contributed by atoms with van der Waals surface area (Å²) in [6, 6.07) is 18.0. The highest BCUT2D eigenvalue weighted by Gasteiger charge is 1.94. The molecule has 0 aliphatic rings. The van der Waals surface area contributed by atoms with Gasteiger partial charge in [0.2, 0.25) is 0 Å². The van der Waals surface area contributed by atoms with E-state index in [4.69, 9.17) is 0 Å². The Morgan fingerprint density at radius 2 is 1.43 bits per heavy atom. The first kappa shape index (κ1) is 16.5. The molecule has 0 spiro atoms. The normalized spacial score (nSPS) is 11.6. The SMILES string of the molecule is CN(C)c1ccc(C=CC(=O)C=CC=Cc2ccccc2)cc1. The molecule has 0 fully saturated rings. The van der Waals surface area contributed by atoms with Gasteiger partial charge in [-0.25, -0.2) is 0 Å². The van der Waals surface area contributed by atoms with Crippen molar-refractivity contribution in [2.45, 2.75) is 0 Å². The zero-order valence-electron chi connectivity index (χ0n) is 13.5. The van der Waals surface area contributed by atoms with Crippen molar-refractivity contribution >= 4 is 23.6 Å². The summed E-state index contributed by atoms with van der Waals surface area (Å²) in [7, 11) is 4.00. The summed E-state index contributed by atoms with van der Waals surface area (Å²) in [4.78, 5) is 13.8. The Kier molecular flexibility index (Phi) is 6.13. The number of benzene rings is 2. The Morgan fingerprint density at radius 1 is 0.783 bits per heavy atom. The van der Waals surface area contributed by atoms with Crippen LogP contribution in [0.3, 0.4) is 0 Å². The molecular weight excluding hydrogens is 282 g/mol. The van der Waals surface area contributed by atoms with E-state index in [0.29, 0.717) is 0 Å². The molecule has 0 amide bonds. The van der Waals surface area contributed by atoms with Gasteiger partial charge < -0.3 is 4.90 Å². The van der Waals surface area contributed by atoms with Crippen LogP contribution >= 0.6 is 0 Å². The fourth-order valence-corrected chi connectivity index (χ4v) is 2.00. The summed E-state index contributed by atoms with van der Waals surface area (Å²) in [5, 5.41) is 0. The fourth-order valence-electron chi connectivity index (χ4n) is 2.00. The standard InChI is InChI=1S/C21H21NO/c1-22(2)20-15-12-19(13-16-20)14-17-21(23)11-7-6-10-18-8-4-3-5-9-18/h3-17H,1-2H3. The molecule has 0 saturated heterocycles. The smallest absolute Gasteiger partial charge is 0.178 e. The molecule has 0 atom stereocenters. The number of carbonyl (C=O) groups excluding carboxylic acids is 1. The van der Waals surface area contributed by atoms with Crippen LogP contribution < -0.4 is 4.90 Å². The van der Waals surface area contributed by atoms with Gasteiger partial charge >= 0.3 is 0 Å². The maximum Gasteiger partial charge on any atom is 0.178 e. The maximum absolute atomic E-state index is 11.8. The average molecular weight is 303 g/mol. The molecule has 2 nitrogen and oxygen atoms in total. The first-order chi connectivity index (χ1) is 11.1. The van der Waals surface area contributed by atoms with Crippen molar-refractivity contribution in [1.82, 2.24) is 0 Å². The van der Waals surface area contributed by atoms with Crippen molar-refractivity contribution in [3.05, 3.63) is 90.0 Å². The minimum atomic E-state index is -0.0283. The van der Waals surface area contributed by atoms with Crippen LogP contribution in [-0.4, -0.2) is 19.9 Å². The quantitative estimate of drug-likeness (QED) is 0.574. The van der Waals surface area contributed by atoms with E-state index >= 15 is 0 Å². The van der Waals surface area contributed by atoms with Gasteiger partial charge in [0.15, 0.2) is 5.78 Å². The molecule has 2 heteroatoms. The van der Waals surface area contributed by atoms with Crippen LogP contribution in [0.15, 0.2) is 78.9 Å². The van der Waals surface area contributed by atoms with Crippen LogP contribution in [0, 0.1) is 0 Å². The Labute approximate surface area is 138 Å². The van der Waals surface area contributed by atoms with Crippen LogP contribution in [0.4, 0.5) is 5.69 Å². The van der Waals surface area contributed by atoms with Crippen molar-refractivity contribution in [2.24, 2.45) is 0 Å². The number of allylic oxidation sites excluding steroid dienone is 4. The lowest BCUT2D eigenvalue weighted by molar-refractivity contribution is -0.110. The number of carbonyl (C=O) groups is 1. The topological polar surface area (TPSA) is 20.3 Å². The molecule has 0 saturated carbocycles. The molecule has 0 aliphatic heterocycles. The average Bonchev–Trinajstić information content (AvgIpc) is 2.58. The number of hydrogen-bond acceptors (Lipinski definition) is 2. The van der Waals surface area contributed by atoms with E-state index in [1.807, 2.05) is 91.8 Å². The van der Waals surface area contributed by atoms with E-state index in [2.05, 4.69) is 0 Å². The largest absolute Gasteiger partial charge is 0.378 e. The van der Waals surface area contributed by atoms with Crippen LogP contribution in [-0.2, 0) is 4.79 Å². The van der Waals surface area contributed by atoms with Crippen LogP contribution in [0.2, 0.25) is 0 Å². The van der Waals surface area contributed by atoms with Gasteiger partial charge in [-0.3, -0.25) is 4.79 Å². The molecule has 0 bridgehead atoms. The number of ketones is 1. The van der Waals surface area contributed by atoms with Crippen molar-refractivity contribution in [3.8, 4) is 0 Å². The molecule has 2 aromatic rings. The van der Waals surface area contributed by atoms with E-state index in [-0.39, 0.29) is 5.78 Å². The Balaban J connectivity index is 1.88. The van der Waals surface area contributed by atoms with Gasteiger partial charge in [-0.1, -0.05) is 66.8 Å². The van der Waals surface area contributed by atoms with E-state index < -0.39 is 0 Å². The number of nitrogens with zero attached hydrogens (tertiary/aromatic N) is 1. The Hall–Kier alpha value is -2.87. The third-order valence-electron chi connectivity index (χ3n) is 3.31. The molecular formula is C21H21NO. The summed E-state index contributed by atoms with van der Waals surface area (Å²) >= 11 is 0. The number of hydrogen-bond donors (Lipinski definition) is 0. The molecule has 0 radical (unpaired) electrons. The third kappa shape index (κ3) is 5.79. The van der Waals surface area contributed by atoms with Crippen molar-refractivity contribution in [3.63, 3.8) is 0 Å². The zero-order valence-corrected chi connectivity index (χ0v) is 13.5. The summed E-state index contributed by atoms with van der Waals surface area (Å²) in [5.41, 5.74) is 3.26. The van der Waals surface area contributed by atoms with Gasteiger partial charge in [0.25, 0.3) is 0 Å². The summed E-state index contributed by atoms with van der Waals surface area (Å²) in [6.45, 7) is 0. The minimum absolute atomic E-state index is 0.0283. The number of rotatable bonds is 6. The van der Waals surface area contributed by atoms with E-state index in [0.717, 1.165) is 16.8 Å². The van der Waals surface area contributed by atoms with Gasteiger partial charge in [0, 0.05) is 19.8 Å². The lowest BCUT2D eigenvalue weighted by Crippen LogP contribution is -2.07. The first-order valence-electron chi connectivity index (χ1n) is 7.54. The molecule has 2 rings (SSSR count). The van der Waals surface area contributed by atoms with Crippen LogP contribution in [0.5, 0.6) is 0 Å². The van der Waals surface area contributed by atoms with Crippen LogP contribution in [0.1, 0.15) is 11.1 Å². The second kappa shape index (κ2) is 8.54. The summed E-state index contributed by atoms with van der Waals surface area (Å²) < 4.78 is 0. The lowest BCUT2D eigenvalue weighted by Gasteiger charge is -2.11. The highest BCUT2D eigenvalue weighted by molar-refractivity contribution is 6.02. The fraction of sp³-hybridized carbons (Fsp3) is 0.0952. The summed E-state index contributed by atoms with van der Waals surface area (Å²) in [6.07, 6.45) is 10.6. The van der Waals surface area contributed by atoms with Crippen molar-refractivity contribution in [1.29, 1.82) is 0 Å². The molecule has 0 aromatic heterocycles. The highest BCUT2D eigenvalue weighted by Crippen LogP contribution is 2.13. The van der Waals surface area contributed by atoms with Gasteiger partial charge in [-0.15, -0.1) is 0 Å².